The third-order valence-electron chi connectivity index (χ3n) is 4.05. The van der Waals surface area contributed by atoms with Gasteiger partial charge >= 0.3 is 0 Å². The summed E-state index contributed by atoms with van der Waals surface area (Å²) in [5, 5.41) is 16.3. The van der Waals surface area contributed by atoms with Crippen molar-refractivity contribution in [1.82, 2.24) is 15.1 Å². The lowest BCUT2D eigenvalue weighted by Crippen LogP contribution is -2.54. The minimum Gasteiger partial charge on any atom is -0.392 e. The SMILES string of the molecule is Cl.O=C(c1ccsc1)N1CCN(C(=O)C2CC(O)CN2)CC1. The number of rotatable bonds is 2. The Hall–Kier alpha value is -1.15. The van der Waals surface area contributed by atoms with Gasteiger partial charge in [0, 0.05) is 38.1 Å². The van der Waals surface area contributed by atoms with Crippen LogP contribution in [0, 0.1) is 0 Å². The predicted molar refractivity (Wildman–Crippen MR) is 86.5 cm³/mol. The van der Waals surface area contributed by atoms with Gasteiger partial charge in [-0.25, -0.2) is 0 Å². The van der Waals surface area contributed by atoms with Crippen LogP contribution in [0.1, 0.15) is 16.8 Å². The van der Waals surface area contributed by atoms with Crippen LogP contribution in [0.5, 0.6) is 0 Å². The van der Waals surface area contributed by atoms with Crippen molar-refractivity contribution in [2.24, 2.45) is 0 Å². The van der Waals surface area contributed by atoms with Gasteiger partial charge < -0.3 is 20.2 Å². The van der Waals surface area contributed by atoms with Crippen LogP contribution in [-0.2, 0) is 4.79 Å². The molecule has 3 rings (SSSR count). The van der Waals surface area contributed by atoms with Crippen molar-refractivity contribution in [3.63, 3.8) is 0 Å². The van der Waals surface area contributed by atoms with Gasteiger partial charge in [0.2, 0.25) is 5.91 Å². The van der Waals surface area contributed by atoms with E-state index in [4.69, 9.17) is 0 Å². The van der Waals surface area contributed by atoms with Crippen LogP contribution in [0.15, 0.2) is 16.8 Å². The normalized spacial score (nSPS) is 25.0. The van der Waals surface area contributed by atoms with Crippen LogP contribution in [0.3, 0.4) is 0 Å². The van der Waals surface area contributed by atoms with Gasteiger partial charge in [-0.1, -0.05) is 0 Å². The van der Waals surface area contributed by atoms with Crippen molar-refractivity contribution in [3.05, 3.63) is 22.4 Å². The van der Waals surface area contributed by atoms with Gasteiger partial charge in [0.05, 0.1) is 17.7 Å². The first kappa shape index (κ1) is 17.2. The Morgan fingerprint density at radius 3 is 2.45 bits per heavy atom. The zero-order valence-corrected chi connectivity index (χ0v) is 13.7. The standard InChI is InChI=1S/C14H19N3O3S.ClH/c18-11-7-12(15-8-11)14(20)17-4-2-16(3-5-17)13(19)10-1-6-21-9-10;/h1,6,9,11-12,15,18H,2-5,7-8H2;1H. The Morgan fingerprint density at radius 1 is 1.23 bits per heavy atom. The number of aliphatic hydroxyl groups is 1. The number of carbonyl (C=O) groups excluding carboxylic acids is 2. The summed E-state index contributed by atoms with van der Waals surface area (Å²) < 4.78 is 0. The fourth-order valence-corrected chi connectivity index (χ4v) is 3.45. The summed E-state index contributed by atoms with van der Waals surface area (Å²) in [6.07, 6.45) is 0.0489. The number of β-amino-alcohol motifs (C(OH)–C–C–N with tert-alkyl or cyclic N) is 1. The highest BCUT2D eigenvalue weighted by atomic mass is 35.5. The average Bonchev–Trinajstić information content (AvgIpc) is 3.17. The highest BCUT2D eigenvalue weighted by Crippen LogP contribution is 2.14. The van der Waals surface area contributed by atoms with E-state index in [0.29, 0.717) is 39.1 Å². The first-order chi connectivity index (χ1) is 10.1. The zero-order chi connectivity index (χ0) is 14.8. The number of nitrogens with zero attached hydrogens (tertiary/aromatic N) is 2. The van der Waals surface area contributed by atoms with Crippen LogP contribution in [0.2, 0.25) is 0 Å². The van der Waals surface area contributed by atoms with E-state index in [9.17, 15) is 14.7 Å². The molecule has 2 aliphatic heterocycles. The molecule has 2 amide bonds. The maximum Gasteiger partial charge on any atom is 0.254 e. The van der Waals surface area contributed by atoms with Gasteiger partial charge in [0.1, 0.15) is 0 Å². The monoisotopic (exact) mass is 345 g/mol. The number of carbonyl (C=O) groups is 2. The molecule has 0 aliphatic carbocycles. The third-order valence-corrected chi connectivity index (χ3v) is 4.74. The molecule has 0 spiro atoms. The minimum absolute atomic E-state index is 0. The summed E-state index contributed by atoms with van der Waals surface area (Å²) in [4.78, 5) is 28.1. The van der Waals surface area contributed by atoms with Gasteiger partial charge in [-0.2, -0.15) is 11.3 Å². The molecule has 0 radical (unpaired) electrons. The van der Waals surface area contributed by atoms with E-state index in [0.717, 1.165) is 5.56 Å². The second-order valence-corrected chi connectivity index (χ2v) is 6.26. The summed E-state index contributed by atoms with van der Waals surface area (Å²) in [5.41, 5.74) is 0.723. The highest BCUT2D eigenvalue weighted by molar-refractivity contribution is 7.08. The topological polar surface area (TPSA) is 72.9 Å². The van der Waals surface area contributed by atoms with E-state index >= 15 is 0 Å². The van der Waals surface area contributed by atoms with Crippen molar-refractivity contribution >= 4 is 35.6 Å². The molecule has 2 N–H and O–H groups in total. The zero-order valence-electron chi connectivity index (χ0n) is 12.1. The van der Waals surface area contributed by atoms with E-state index in [1.807, 2.05) is 16.8 Å². The molecule has 8 heteroatoms. The number of nitrogens with one attached hydrogen (secondary N) is 1. The summed E-state index contributed by atoms with van der Waals surface area (Å²) in [5.74, 6) is 0.0759. The first-order valence-corrected chi connectivity index (χ1v) is 8.11. The molecular weight excluding hydrogens is 326 g/mol. The minimum atomic E-state index is -0.430. The quantitative estimate of drug-likeness (QED) is 0.802. The van der Waals surface area contributed by atoms with Crippen molar-refractivity contribution < 1.29 is 14.7 Å². The van der Waals surface area contributed by atoms with E-state index in [1.165, 1.54) is 11.3 Å². The summed E-state index contributed by atoms with van der Waals surface area (Å²) in [6.45, 7) is 2.73. The van der Waals surface area contributed by atoms with Gasteiger partial charge in [0.15, 0.2) is 0 Å². The van der Waals surface area contributed by atoms with Crippen molar-refractivity contribution in [2.75, 3.05) is 32.7 Å². The van der Waals surface area contributed by atoms with E-state index in [-0.39, 0.29) is 30.3 Å². The molecule has 1 aromatic rings. The smallest absolute Gasteiger partial charge is 0.254 e. The first-order valence-electron chi connectivity index (χ1n) is 7.17. The summed E-state index contributed by atoms with van der Waals surface area (Å²) in [7, 11) is 0. The molecule has 2 atom stereocenters. The number of hydrogen-bond acceptors (Lipinski definition) is 5. The Bertz CT molecular complexity index is 517. The predicted octanol–water partition coefficient (Wildman–Crippen LogP) is 0.177. The second-order valence-electron chi connectivity index (χ2n) is 5.48. The lowest BCUT2D eigenvalue weighted by atomic mass is 10.1. The van der Waals surface area contributed by atoms with Crippen molar-refractivity contribution in [2.45, 2.75) is 18.6 Å². The number of halogens is 1. The average molecular weight is 346 g/mol. The maximum absolute atomic E-state index is 12.3. The lowest BCUT2D eigenvalue weighted by molar-refractivity contribution is -0.134. The Kier molecular flexibility index (Phi) is 5.80. The molecule has 6 nitrogen and oxygen atoms in total. The van der Waals surface area contributed by atoms with Gasteiger partial charge in [0.25, 0.3) is 5.91 Å². The van der Waals surface area contributed by atoms with Gasteiger partial charge in [-0.3, -0.25) is 9.59 Å². The molecule has 2 saturated heterocycles. The highest BCUT2D eigenvalue weighted by Gasteiger charge is 2.33. The van der Waals surface area contributed by atoms with Gasteiger partial charge in [-0.05, 0) is 17.9 Å². The molecular formula is C14H20ClN3O3S. The molecule has 2 fully saturated rings. The Morgan fingerprint density at radius 2 is 1.91 bits per heavy atom. The fourth-order valence-electron chi connectivity index (χ4n) is 2.82. The number of thiophene rings is 1. The Balaban J connectivity index is 0.00000176. The third kappa shape index (κ3) is 3.60. The fraction of sp³-hybridized carbons (Fsp3) is 0.571. The van der Waals surface area contributed by atoms with E-state index in [2.05, 4.69) is 5.32 Å². The van der Waals surface area contributed by atoms with Crippen LogP contribution in [-0.4, -0.2) is 71.6 Å². The van der Waals surface area contributed by atoms with Crippen molar-refractivity contribution in [3.8, 4) is 0 Å². The van der Waals surface area contributed by atoms with Crippen LogP contribution in [0.25, 0.3) is 0 Å². The van der Waals surface area contributed by atoms with Crippen LogP contribution >= 0.6 is 23.7 Å². The molecule has 1 aromatic heterocycles. The molecule has 3 heterocycles. The second kappa shape index (κ2) is 7.41. The lowest BCUT2D eigenvalue weighted by Gasteiger charge is -2.35. The number of amides is 2. The molecule has 2 unspecified atom stereocenters. The summed E-state index contributed by atoms with van der Waals surface area (Å²) in [6, 6.07) is 1.55. The van der Waals surface area contributed by atoms with E-state index in [1.54, 1.807) is 9.80 Å². The largest absolute Gasteiger partial charge is 0.392 e. The Labute approximate surface area is 139 Å². The molecule has 22 heavy (non-hydrogen) atoms. The van der Waals surface area contributed by atoms with Crippen LogP contribution in [0.4, 0.5) is 0 Å². The number of piperazine rings is 1. The van der Waals surface area contributed by atoms with E-state index < -0.39 is 6.10 Å². The molecule has 0 saturated carbocycles. The number of aliphatic hydroxyl groups excluding tert-OH is 1. The molecule has 122 valence electrons. The van der Waals surface area contributed by atoms with Gasteiger partial charge in [-0.15, -0.1) is 12.4 Å². The molecule has 2 aliphatic rings. The summed E-state index contributed by atoms with van der Waals surface area (Å²) >= 11 is 1.51. The number of hydrogen-bond donors (Lipinski definition) is 2. The molecule has 0 bridgehead atoms. The van der Waals surface area contributed by atoms with Crippen LogP contribution < -0.4 is 5.32 Å². The van der Waals surface area contributed by atoms with Crippen molar-refractivity contribution in [1.29, 1.82) is 0 Å². The maximum atomic E-state index is 12.3. The molecule has 0 aromatic carbocycles.